The zero-order valence-corrected chi connectivity index (χ0v) is 18.3. The second-order valence-corrected chi connectivity index (χ2v) is 7.51. The van der Waals surface area contributed by atoms with Crippen LogP contribution < -0.4 is 14.8 Å². The van der Waals surface area contributed by atoms with E-state index in [4.69, 9.17) is 14.0 Å². The molecule has 0 spiro atoms. The summed E-state index contributed by atoms with van der Waals surface area (Å²) in [5.74, 6) is 1.60. The third-order valence-corrected chi connectivity index (χ3v) is 5.23. The van der Waals surface area contributed by atoms with Crippen molar-refractivity contribution in [3.05, 3.63) is 75.7 Å². The Morgan fingerprint density at radius 2 is 1.87 bits per heavy atom. The van der Waals surface area contributed by atoms with E-state index < -0.39 is 0 Å². The molecule has 0 saturated carbocycles. The van der Waals surface area contributed by atoms with Gasteiger partial charge in [0.2, 0.25) is 0 Å². The number of carbonyl (C=O) groups excluding carboxylic acids is 1. The number of rotatable bonds is 7. The van der Waals surface area contributed by atoms with Crippen LogP contribution in [0.25, 0.3) is 0 Å². The van der Waals surface area contributed by atoms with Gasteiger partial charge in [-0.05, 0) is 63.9 Å². The number of carbonyl (C=O) groups is 1. The second kappa shape index (κ2) is 9.03. The molecule has 0 aliphatic rings. The van der Waals surface area contributed by atoms with Gasteiger partial charge in [-0.25, -0.2) is 0 Å². The first-order valence-corrected chi connectivity index (χ1v) is 9.90. The lowest BCUT2D eigenvalue weighted by molar-refractivity contribution is 0.0939. The first-order chi connectivity index (χ1) is 14.3. The molecule has 0 radical (unpaired) electrons. The van der Waals surface area contributed by atoms with E-state index in [9.17, 15) is 4.79 Å². The van der Waals surface area contributed by atoms with Crippen molar-refractivity contribution >= 4 is 5.91 Å². The molecule has 30 heavy (non-hydrogen) atoms. The van der Waals surface area contributed by atoms with Crippen LogP contribution in [0.4, 0.5) is 0 Å². The Morgan fingerprint density at radius 3 is 2.53 bits per heavy atom. The molecule has 0 aliphatic heterocycles. The quantitative estimate of drug-likeness (QED) is 0.596. The molecule has 1 N–H and O–H groups in total. The summed E-state index contributed by atoms with van der Waals surface area (Å²) in [6.07, 6.45) is 0. The number of hydrogen-bond acceptors (Lipinski definition) is 5. The highest BCUT2D eigenvalue weighted by Gasteiger charge is 2.17. The molecule has 158 valence electrons. The van der Waals surface area contributed by atoms with Gasteiger partial charge >= 0.3 is 0 Å². The first-order valence-electron chi connectivity index (χ1n) is 9.90. The summed E-state index contributed by atoms with van der Waals surface area (Å²) >= 11 is 0. The number of aromatic nitrogens is 1. The number of benzene rings is 2. The Hall–Kier alpha value is -3.28. The Balaban J connectivity index is 1.73. The largest absolute Gasteiger partial charge is 0.493 e. The van der Waals surface area contributed by atoms with E-state index in [1.54, 1.807) is 25.3 Å². The third kappa shape index (κ3) is 4.64. The molecule has 1 atom stereocenters. The lowest BCUT2D eigenvalue weighted by Gasteiger charge is -2.18. The van der Waals surface area contributed by atoms with E-state index in [0.717, 1.165) is 33.7 Å². The van der Waals surface area contributed by atoms with Crippen molar-refractivity contribution in [2.45, 2.75) is 47.3 Å². The summed E-state index contributed by atoms with van der Waals surface area (Å²) in [4.78, 5) is 12.8. The highest BCUT2D eigenvalue weighted by atomic mass is 16.5. The van der Waals surface area contributed by atoms with E-state index in [-0.39, 0.29) is 11.9 Å². The summed E-state index contributed by atoms with van der Waals surface area (Å²) in [5, 5.41) is 7.00. The number of methoxy groups -OCH3 is 1. The van der Waals surface area contributed by atoms with Crippen molar-refractivity contribution in [2.75, 3.05) is 7.11 Å². The Morgan fingerprint density at radius 1 is 1.10 bits per heavy atom. The molecule has 0 aliphatic carbocycles. The molecule has 6 heteroatoms. The minimum absolute atomic E-state index is 0.112. The predicted molar refractivity (Wildman–Crippen MR) is 115 cm³/mol. The zero-order valence-electron chi connectivity index (χ0n) is 18.3. The van der Waals surface area contributed by atoms with Gasteiger partial charge in [0.05, 0.1) is 24.4 Å². The van der Waals surface area contributed by atoms with E-state index >= 15 is 0 Å². The number of aryl methyl sites for hydroxylation is 4. The Kier molecular flexibility index (Phi) is 6.45. The lowest BCUT2D eigenvalue weighted by atomic mass is 9.99. The fourth-order valence-electron chi connectivity index (χ4n) is 3.37. The molecule has 1 heterocycles. The molecule has 0 saturated heterocycles. The number of ether oxygens (including phenoxy) is 2. The maximum atomic E-state index is 12.8. The van der Waals surface area contributed by atoms with Gasteiger partial charge in [-0.2, -0.15) is 0 Å². The van der Waals surface area contributed by atoms with Crippen LogP contribution in [0, 0.1) is 27.7 Å². The highest BCUT2D eigenvalue weighted by molar-refractivity contribution is 5.95. The number of nitrogens with zero attached hydrogens (tertiary/aromatic N) is 1. The predicted octanol–water partition coefficient (Wildman–Crippen LogP) is 4.99. The van der Waals surface area contributed by atoms with E-state index in [1.165, 1.54) is 0 Å². The van der Waals surface area contributed by atoms with Gasteiger partial charge in [-0.3, -0.25) is 4.79 Å². The van der Waals surface area contributed by atoms with Crippen molar-refractivity contribution in [1.82, 2.24) is 10.5 Å². The minimum atomic E-state index is -0.168. The SMILES string of the molecule is COc1cc(C(=O)NC(C)c2cc(C)ccc2C)ccc1OCc1c(C)noc1C. The summed E-state index contributed by atoms with van der Waals surface area (Å²) < 4.78 is 16.5. The normalized spacial score (nSPS) is 11.8. The molecular formula is C24H28N2O4. The van der Waals surface area contributed by atoms with Crippen molar-refractivity contribution in [3.63, 3.8) is 0 Å². The molecule has 0 fully saturated rings. The van der Waals surface area contributed by atoms with Gasteiger partial charge in [0, 0.05) is 5.56 Å². The van der Waals surface area contributed by atoms with Crippen molar-refractivity contribution in [2.24, 2.45) is 0 Å². The van der Waals surface area contributed by atoms with Crippen LogP contribution in [0.3, 0.4) is 0 Å². The second-order valence-electron chi connectivity index (χ2n) is 7.51. The van der Waals surface area contributed by atoms with E-state index in [2.05, 4.69) is 28.7 Å². The van der Waals surface area contributed by atoms with Crippen LogP contribution in [-0.2, 0) is 6.61 Å². The fraction of sp³-hybridized carbons (Fsp3) is 0.333. The molecule has 2 aromatic carbocycles. The van der Waals surface area contributed by atoms with Gasteiger partial charge in [0.25, 0.3) is 5.91 Å². The maximum absolute atomic E-state index is 12.8. The monoisotopic (exact) mass is 408 g/mol. The highest BCUT2D eigenvalue weighted by Crippen LogP contribution is 2.30. The van der Waals surface area contributed by atoms with Crippen molar-refractivity contribution in [1.29, 1.82) is 0 Å². The molecule has 6 nitrogen and oxygen atoms in total. The fourth-order valence-corrected chi connectivity index (χ4v) is 3.37. The summed E-state index contributed by atoms with van der Waals surface area (Å²) in [6, 6.07) is 11.3. The Labute approximate surface area is 177 Å². The molecule has 3 aromatic rings. The van der Waals surface area contributed by atoms with Crippen LogP contribution in [-0.4, -0.2) is 18.2 Å². The molecule has 1 unspecified atom stereocenters. The lowest BCUT2D eigenvalue weighted by Crippen LogP contribution is -2.27. The molecule has 0 bridgehead atoms. The Bertz CT molecular complexity index is 1040. The van der Waals surface area contributed by atoms with Crippen molar-refractivity contribution in [3.8, 4) is 11.5 Å². The molecule has 1 aromatic heterocycles. The van der Waals surface area contributed by atoms with Gasteiger partial charge in [-0.15, -0.1) is 0 Å². The standard InChI is InChI=1S/C24H28N2O4/c1-14-7-8-15(2)20(11-14)16(3)25-24(27)19-9-10-22(23(12-19)28-6)29-13-21-17(4)26-30-18(21)5/h7-12,16H,13H2,1-6H3,(H,25,27). The van der Waals surface area contributed by atoms with Crippen molar-refractivity contribution < 1.29 is 18.8 Å². The number of nitrogens with one attached hydrogen (secondary N) is 1. The topological polar surface area (TPSA) is 73.6 Å². The zero-order chi connectivity index (χ0) is 21.8. The summed E-state index contributed by atoms with van der Waals surface area (Å²) in [7, 11) is 1.55. The molecular weight excluding hydrogens is 380 g/mol. The van der Waals surface area contributed by atoms with Gasteiger partial charge < -0.3 is 19.3 Å². The van der Waals surface area contributed by atoms with Crippen LogP contribution in [0.15, 0.2) is 40.9 Å². The van der Waals surface area contributed by atoms with Crippen LogP contribution in [0.5, 0.6) is 11.5 Å². The molecule has 1 amide bonds. The summed E-state index contributed by atoms with van der Waals surface area (Å²) in [6.45, 7) is 10.1. The first kappa shape index (κ1) is 21.4. The molecule has 3 rings (SSSR count). The van der Waals surface area contributed by atoms with E-state index in [0.29, 0.717) is 23.7 Å². The average Bonchev–Trinajstić information content (AvgIpc) is 3.05. The average molecular weight is 408 g/mol. The third-order valence-electron chi connectivity index (χ3n) is 5.23. The van der Waals surface area contributed by atoms with Gasteiger partial charge in [0.1, 0.15) is 12.4 Å². The number of hydrogen-bond donors (Lipinski definition) is 1. The van der Waals surface area contributed by atoms with Gasteiger partial charge in [0.15, 0.2) is 11.5 Å². The van der Waals surface area contributed by atoms with Crippen LogP contribution in [0.1, 0.15) is 57.0 Å². The van der Waals surface area contributed by atoms with Gasteiger partial charge in [-0.1, -0.05) is 28.9 Å². The van der Waals surface area contributed by atoms with Crippen LogP contribution >= 0.6 is 0 Å². The smallest absolute Gasteiger partial charge is 0.251 e. The van der Waals surface area contributed by atoms with Crippen LogP contribution in [0.2, 0.25) is 0 Å². The minimum Gasteiger partial charge on any atom is -0.493 e. The number of amides is 1. The van der Waals surface area contributed by atoms with E-state index in [1.807, 2.05) is 34.6 Å². The maximum Gasteiger partial charge on any atom is 0.251 e. The summed E-state index contributed by atoms with van der Waals surface area (Å²) in [5.41, 5.74) is 5.62.